The van der Waals surface area contributed by atoms with E-state index in [1.165, 1.54) is 12.2 Å². The van der Waals surface area contributed by atoms with E-state index >= 15 is 0 Å². The van der Waals surface area contributed by atoms with Crippen LogP contribution in [0, 0.1) is 0 Å². The smallest absolute Gasteiger partial charge is 0.430 e. The molecule has 2 atom stereocenters. The van der Waals surface area contributed by atoms with Gasteiger partial charge in [-0.2, -0.15) is 0 Å². The lowest BCUT2D eigenvalue weighted by Crippen LogP contribution is -2.19. The van der Waals surface area contributed by atoms with Crippen molar-refractivity contribution in [3.8, 4) is 0 Å². The van der Waals surface area contributed by atoms with Gasteiger partial charge >= 0.3 is 6.16 Å². The highest BCUT2D eigenvalue weighted by Crippen LogP contribution is 1.90. The highest BCUT2D eigenvalue weighted by Gasteiger charge is 2.00. The molecule has 0 aliphatic rings. The fourth-order valence-electron chi connectivity index (χ4n) is 0.652. The van der Waals surface area contributed by atoms with Gasteiger partial charge in [-0.05, 0) is 13.8 Å². The van der Waals surface area contributed by atoms with E-state index < -0.39 is 12.3 Å². The SMILES string of the molecule is C=CCOC(=O)OCC=C.CC(O)COC(C)CO. The minimum atomic E-state index is -0.695. The Morgan fingerprint density at radius 3 is 2.00 bits per heavy atom. The summed E-state index contributed by atoms with van der Waals surface area (Å²) in [7, 11) is 0. The molecule has 0 saturated carbocycles. The molecule has 2 unspecified atom stereocenters. The summed E-state index contributed by atoms with van der Waals surface area (Å²) >= 11 is 0. The maximum atomic E-state index is 10.4. The van der Waals surface area contributed by atoms with Gasteiger partial charge in [0.2, 0.25) is 0 Å². The van der Waals surface area contributed by atoms with Gasteiger partial charge in [0.1, 0.15) is 13.2 Å². The number of hydrogen-bond donors (Lipinski definition) is 2. The van der Waals surface area contributed by atoms with Crippen molar-refractivity contribution in [1.29, 1.82) is 0 Å². The van der Waals surface area contributed by atoms with E-state index in [-0.39, 0.29) is 25.9 Å². The maximum Gasteiger partial charge on any atom is 0.508 e. The molecule has 0 aromatic heterocycles. The van der Waals surface area contributed by atoms with Crippen molar-refractivity contribution in [1.82, 2.24) is 0 Å². The van der Waals surface area contributed by atoms with Crippen molar-refractivity contribution in [3.05, 3.63) is 25.3 Å². The number of aliphatic hydroxyl groups is 2. The second kappa shape index (κ2) is 14.7. The zero-order valence-corrected chi connectivity index (χ0v) is 11.6. The summed E-state index contributed by atoms with van der Waals surface area (Å²) in [6, 6.07) is 0. The normalized spacial score (nSPS) is 12.4. The van der Waals surface area contributed by atoms with Crippen molar-refractivity contribution in [2.45, 2.75) is 26.1 Å². The number of carbonyl (C=O) groups is 1. The third-order valence-electron chi connectivity index (χ3n) is 1.52. The van der Waals surface area contributed by atoms with Gasteiger partial charge in [-0.3, -0.25) is 0 Å². The Hall–Kier alpha value is -1.37. The molecule has 0 rings (SSSR count). The van der Waals surface area contributed by atoms with Crippen LogP contribution in [0.1, 0.15) is 13.8 Å². The topological polar surface area (TPSA) is 85.2 Å². The van der Waals surface area contributed by atoms with Gasteiger partial charge in [0, 0.05) is 0 Å². The monoisotopic (exact) mass is 276 g/mol. The summed E-state index contributed by atoms with van der Waals surface area (Å²) in [5.74, 6) is 0. The lowest BCUT2D eigenvalue weighted by Gasteiger charge is -2.10. The Morgan fingerprint density at radius 2 is 1.68 bits per heavy atom. The van der Waals surface area contributed by atoms with E-state index in [4.69, 9.17) is 14.9 Å². The summed E-state index contributed by atoms with van der Waals surface area (Å²) in [6.07, 6.45) is 1.63. The van der Waals surface area contributed by atoms with Crippen LogP contribution in [-0.4, -0.2) is 55.0 Å². The molecule has 0 fully saturated rings. The van der Waals surface area contributed by atoms with E-state index in [0.29, 0.717) is 6.61 Å². The number of carbonyl (C=O) groups excluding carboxylic acids is 1. The summed E-state index contributed by atoms with van der Waals surface area (Å²) in [6.45, 7) is 10.8. The molecular weight excluding hydrogens is 252 g/mol. The van der Waals surface area contributed by atoms with Crippen LogP contribution >= 0.6 is 0 Å². The minimum absolute atomic E-state index is 0.00667. The van der Waals surface area contributed by atoms with Crippen LogP contribution in [0.2, 0.25) is 0 Å². The second-order valence-electron chi connectivity index (χ2n) is 3.62. The molecule has 0 aliphatic carbocycles. The van der Waals surface area contributed by atoms with Gasteiger partial charge in [0.15, 0.2) is 0 Å². The fourth-order valence-corrected chi connectivity index (χ4v) is 0.652. The first-order chi connectivity index (χ1) is 8.97. The molecule has 6 heteroatoms. The summed E-state index contributed by atoms with van der Waals surface area (Å²) in [5, 5.41) is 17.1. The maximum absolute atomic E-state index is 10.4. The van der Waals surface area contributed by atoms with Gasteiger partial charge in [-0.1, -0.05) is 25.3 Å². The molecule has 0 aliphatic heterocycles. The average Bonchev–Trinajstić information content (AvgIpc) is 2.40. The molecule has 0 saturated heterocycles. The molecule has 0 bridgehead atoms. The Balaban J connectivity index is 0. The fraction of sp³-hybridized carbons (Fsp3) is 0.615. The van der Waals surface area contributed by atoms with Gasteiger partial charge in [-0.25, -0.2) is 4.79 Å². The zero-order valence-electron chi connectivity index (χ0n) is 11.6. The molecule has 2 N–H and O–H groups in total. The van der Waals surface area contributed by atoms with Crippen LogP contribution in [0.15, 0.2) is 25.3 Å². The third kappa shape index (κ3) is 19.2. The second-order valence-corrected chi connectivity index (χ2v) is 3.62. The van der Waals surface area contributed by atoms with Crippen molar-refractivity contribution < 1.29 is 29.2 Å². The Morgan fingerprint density at radius 1 is 1.21 bits per heavy atom. The van der Waals surface area contributed by atoms with Crippen LogP contribution in [0.5, 0.6) is 0 Å². The lowest BCUT2D eigenvalue weighted by atomic mass is 10.4. The zero-order chi connectivity index (χ0) is 15.1. The predicted octanol–water partition coefficient (Wildman–Crippen LogP) is 1.28. The molecule has 0 heterocycles. The quantitative estimate of drug-likeness (QED) is 0.513. The molecule has 6 nitrogen and oxygen atoms in total. The van der Waals surface area contributed by atoms with E-state index in [9.17, 15) is 4.79 Å². The van der Waals surface area contributed by atoms with Crippen LogP contribution in [0.25, 0.3) is 0 Å². The Kier molecular flexibility index (Phi) is 15.4. The van der Waals surface area contributed by atoms with E-state index in [1.54, 1.807) is 13.8 Å². The van der Waals surface area contributed by atoms with Crippen molar-refractivity contribution in [2.75, 3.05) is 26.4 Å². The first-order valence-electron chi connectivity index (χ1n) is 5.89. The van der Waals surface area contributed by atoms with Gasteiger partial charge in [0.05, 0.1) is 25.4 Å². The van der Waals surface area contributed by atoms with Crippen LogP contribution in [-0.2, 0) is 14.2 Å². The van der Waals surface area contributed by atoms with Crippen molar-refractivity contribution in [3.63, 3.8) is 0 Å². The summed E-state index contributed by atoms with van der Waals surface area (Å²) in [4.78, 5) is 10.4. The van der Waals surface area contributed by atoms with Gasteiger partial charge < -0.3 is 24.4 Å². The standard InChI is InChI=1S/C7H10O3.C6H14O3/c1-3-5-9-7(8)10-6-4-2;1-5(8)4-9-6(2)3-7/h3-4H,1-2,5-6H2;5-8H,3-4H2,1-2H3. The first kappa shape index (κ1) is 20.0. The lowest BCUT2D eigenvalue weighted by molar-refractivity contribution is -0.0177. The van der Waals surface area contributed by atoms with Crippen molar-refractivity contribution >= 4 is 6.16 Å². The summed E-state index contributed by atoms with van der Waals surface area (Å²) < 4.78 is 13.9. The van der Waals surface area contributed by atoms with Crippen LogP contribution in [0.3, 0.4) is 0 Å². The minimum Gasteiger partial charge on any atom is -0.430 e. The first-order valence-corrected chi connectivity index (χ1v) is 5.89. The van der Waals surface area contributed by atoms with Crippen molar-refractivity contribution in [2.24, 2.45) is 0 Å². The molecule has 0 aromatic rings. The summed E-state index contributed by atoms with van der Waals surface area (Å²) in [5.41, 5.74) is 0. The number of hydrogen-bond acceptors (Lipinski definition) is 6. The van der Waals surface area contributed by atoms with Crippen LogP contribution in [0.4, 0.5) is 4.79 Å². The molecule has 0 amide bonds. The number of rotatable bonds is 8. The third-order valence-corrected chi connectivity index (χ3v) is 1.52. The Bertz CT molecular complexity index is 225. The molecule has 0 radical (unpaired) electrons. The molecule has 19 heavy (non-hydrogen) atoms. The highest BCUT2D eigenvalue weighted by atomic mass is 16.7. The number of ether oxygens (including phenoxy) is 3. The molecule has 0 spiro atoms. The van der Waals surface area contributed by atoms with E-state index in [1.807, 2.05) is 0 Å². The molecule has 112 valence electrons. The highest BCUT2D eigenvalue weighted by molar-refractivity contribution is 5.60. The largest absolute Gasteiger partial charge is 0.508 e. The van der Waals surface area contributed by atoms with E-state index in [2.05, 4.69) is 22.6 Å². The van der Waals surface area contributed by atoms with Crippen LogP contribution < -0.4 is 0 Å². The predicted molar refractivity (Wildman–Crippen MR) is 71.9 cm³/mol. The average molecular weight is 276 g/mol. The molecule has 0 aromatic carbocycles. The molecular formula is C13H24O6. The number of aliphatic hydroxyl groups excluding tert-OH is 2. The van der Waals surface area contributed by atoms with E-state index in [0.717, 1.165) is 0 Å². The van der Waals surface area contributed by atoms with Gasteiger partial charge in [-0.15, -0.1) is 0 Å². The Labute approximate surface area is 114 Å². The van der Waals surface area contributed by atoms with Gasteiger partial charge in [0.25, 0.3) is 0 Å².